The van der Waals surface area contributed by atoms with Gasteiger partial charge in [-0.3, -0.25) is 19.4 Å². The van der Waals surface area contributed by atoms with Crippen molar-refractivity contribution in [2.24, 2.45) is 0 Å². The molecule has 1 rings (SSSR count). The second-order valence-electron chi connectivity index (χ2n) is 22.7. The fourth-order valence-corrected chi connectivity index (χ4v) is 10.8. The third-order valence-corrected chi connectivity index (χ3v) is 15.4. The van der Waals surface area contributed by atoms with Crippen molar-refractivity contribution in [3.05, 3.63) is 0 Å². The summed E-state index contributed by atoms with van der Waals surface area (Å²) in [5.41, 5.74) is 0. The van der Waals surface area contributed by atoms with Gasteiger partial charge in [-0.05, 0) is 70.9 Å². The molecule has 71 heavy (non-hydrogen) atoms. The summed E-state index contributed by atoms with van der Waals surface area (Å²) in [5, 5.41) is 50.2. The second-order valence-corrected chi connectivity index (χ2v) is 22.7. The van der Waals surface area contributed by atoms with Crippen LogP contribution in [-0.2, 0) is 9.59 Å². The Hall–Kier alpha value is -1.30. The SMILES string of the molecule is CCCCCCCCCCC(O)CN(CCCCCC1NC(=O)C(CCCCN(CC(O)CCCCCCCCCC)CC(O)CCCCCCCCCC)NC1=O)CC(O)CCCCCCCCCC. The molecule has 0 spiro atoms. The van der Waals surface area contributed by atoms with E-state index in [0.717, 1.165) is 109 Å². The average molecular weight is 1010 g/mol. The number of carbonyl (C=O) groups is 2. The summed E-state index contributed by atoms with van der Waals surface area (Å²) in [6.07, 6.45) is 47.0. The first kappa shape index (κ1) is 67.7. The number of hydrogen-bond acceptors (Lipinski definition) is 8. The van der Waals surface area contributed by atoms with Crippen LogP contribution in [0.5, 0.6) is 0 Å². The quantitative estimate of drug-likeness (QED) is 0.0330. The Labute approximate surface area is 440 Å². The summed E-state index contributed by atoms with van der Waals surface area (Å²) in [6.45, 7) is 12.9. The lowest BCUT2D eigenvalue weighted by Gasteiger charge is -2.30. The minimum Gasteiger partial charge on any atom is -0.392 e. The van der Waals surface area contributed by atoms with E-state index in [9.17, 15) is 30.0 Å². The lowest BCUT2D eigenvalue weighted by Crippen LogP contribution is -2.61. The van der Waals surface area contributed by atoms with Crippen molar-refractivity contribution in [2.45, 2.75) is 340 Å². The number of nitrogens with one attached hydrogen (secondary N) is 2. The molecule has 1 fully saturated rings. The van der Waals surface area contributed by atoms with Crippen molar-refractivity contribution in [1.82, 2.24) is 20.4 Å². The van der Waals surface area contributed by atoms with Crippen LogP contribution in [0, 0.1) is 0 Å². The smallest absolute Gasteiger partial charge is 0.243 e. The monoisotopic (exact) mass is 1010 g/mol. The highest BCUT2D eigenvalue weighted by atomic mass is 16.3. The van der Waals surface area contributed by atoms with Crippen LogP contribution in [0.25, 0.3) is 0 Å². The Bertz CT molecular complexity index is 1110. The van der Waals surface area contributed by atoms with Gasteiger partial charge in [0.15, 0.2) is 0 Å². The molecule has 0 radical (unpaired) electrons. The normalized spacial score (nSPS) is 17.0. The maximum atomic E-state index is 13.3. The highest BCUT2D eigenvalue weighted by molar-refractivity contribution is 5.96. The largest absolute Gasteiger partial charge is 0.392 e. The second kappa shape index (κ2) is 49.6. The predicted octanol–water partition coefficient (Wildman–Crippen LogP) is 13.9. The Morgan fingerprint density at radius 3 is 0.803 bits per heavy atom. The Kier molecular flexibility index (Phi) is 47.3. The molecule has 0 aromatic rings. The first-order valence-electron chi connectivity index (χ1n) is 31.4. The molecule has 6 N–H and O–H groups in total. The molecule has 1 heterocycles. The maximum Gasteiger partial charge on any atom is 0.243 e. The van der Waals surface area contributed by atoms with Crippen molar-refractivity contribution >= 4 is 11.8 Å². The summed E-state index contributed by atoms with van der Waals surface area (Å²) < 4.78 is 0. The molecular formula is C61H122N4O6. The van der Waals surface area contributed by atoms with Gasteiger partial charge in [0.1, 0.15) is 12.1 Å². The van der Waals surface area contributed by atoms with Crippen molar-refractivity contribution in [1.29, 1.82) is 0 Å². The molecule has 10 heteroatoms. The number of aliphatic hydroxyl groups is 4. The van der Waals surface area contributed by atoms with Crippen LogP contribution in [0.1, 0.15) is 304 Å². The van der Waals surface area contributed by atoms with Gasteiger partial charge < -0.3 is 31.1 Å². The summed E-state index contributed by atoms with van der Waals surface area (Å²) in [6, 6.07) is -1.05. The number of aliphatic hydroxyl groups excluding tert-OH is 4. The number of hydrogen-bond donors (Lipinski definition) is 6. The lowest BCUT2D eigenvalue weighted by molar-refractivity contribution is -0.137. The minimum atomic E-state index is -0.532. The van der Waals surface area contributed by atoms with Gasteiger partial charge >= 0.3 is 0 Å². The van der Waals surface area contributed by atoms with Crippen molar-refractivity contribution in [3.63, 3.8) is 0 Å². The summed E-state index contributed by atoms with van der Waals surface area (Å²) in [4.78, 5) is 31.0. The van der Waals surface area contributed by atoms with Gasteiger partial charge in [-0.15, -0.1) is 0 Å². The van der Waals surface area contributed by atoms with E-state index in [-0.39, 0.29) is 24.0 Å². The third-order valence-electron chi connectivity index (χ3n) is 15.4. The van der Waals surface area contributed by atoms with Crippen molar-refractivity contribution < 1.29 is 30.0 Å². The molecule has 1 saturated heterocycles. The zero-order valence-corrected chi connectivity index (χ0v) is 47.6. The highest BCUT2D eigenvalue weighted by Crippen LogP contribution is 2.18. The van der Waals surface area contributed by atoms with Gasteiger partial charge in [0.25, 0.3) is 0 Å². The summed E-state index contributed by atoms with van der Waals surface area (Å²) >= 11 is 0. The highest BCUT2D eigenvalue weighted by Gasteiger charge is 2.33. The zero-order chi connectivity index (χ0) is 51.8. The van der Waals surface area contributed by atoms with E-state index < -0.39 is 24.3 Å². The third kappa shape index (κ3) is 41.6. The fourth-order valence-electron chi connectivity index (χ4n) is 10.8. The Balaban J connectivity index is 2.56. The summed E-state index contributed by atoms with van der Waals surface area (Å²) in [5.74, 6) is -0.200. The van der Waals surface area contributed by atoms with E-state index in [1.807, 2.05) is 0 Å². The molecule has 0 saturated carbocycles. The predicted molar refractivity (Wildman–Crippen MR) is 302 cm³/mol. The molecule has 0 aliphatic carbocycles. The number of rotatable bonds is 55. The Morgan fingerprint density at radius 1 is 0.324 bits per heavy atom. The molecule has 0 bridgehead atoms. The molecule has 10 nitrogen and oxygen atoms in total. The number of amides is 2. The topological polar surface area (TPSA) is 146 Å². The van der Waals surface area contributed by atoms with Crippen LogP contribution in [0.2, 0.25) is 0 Å². The molecule has 6 unspecified atom stereocenters. The maximum absolute atomic E-state index is 13.3. The van der Waals surface area contributed by atoms with E-state index in [2.05, 4.69) is 48.1 Å². The minimum absolute atomic E-state index is 0.0980. The molecule has 1 aliphatic heterocycles. The molecular weight excluding hydrogens is 885 g/mol. The molecule has 0 aromatic carbocycles. The van der Waals surface area contributed by atoms with E-state index in [4.69, 9.17) is 0 Å². The molecule has 2 amide bonds. The molecule has 6 atom stereocenters. The summed E-state index contributed by atoms with van der Waals surface area (Å²) in [7, 11) is 0. The van der Waals surface area contributed by atoms with Crippen molar-refractivity contribution in [2.75, 3.05) is 39.3 Å². The van der Waals surface area contributed by atoms with E-state index in [1.165, 1.54) is 167 Å². The first-order valence-corrected chi connectivity index (χ1v) is 31.4. The fraction of sp³-hybridized carbons (Fsp3) is 0.967. The van der Waals surface area contributed by atoms with Crippen LogP contribution in [0.15, 0.2) is 0 Å². The van der Waals surface area contributed by atoms with Crippen LogP contribution >= 0.6 is 0 Å². The number of piperazine rings is 1. The van der Waals surface area contributed by atoms with E-state index in [0.29, 0.717) is 39.0 Å². The van der Waals surface area contributed by atoms with Crippen LogP contribution < -0.4 is 10.6 Å². The van der Waals surface area contributed by atoms with E-state index >= 15 is 0 Å². The van der Waals surface area contributed by atoms with Crippen LogP contribution in [0.3, 0.4) is 0 Å². The van der Waals surface area contributed by atoms with Gasteiger partial charge in [-0.2, -0.15) is 0 Å². The first-order chi connectivity index (χ1) is 34.6. The molecule has 1 aliphatic rings. The lowest BCUT2D eigenvalue weighted by atomic mass is 10.0. The van der Waals surface area contributed by atoms with Gasteiger partial charge in [0.05, 0.1) is 24.4 Å². The number of carbonyl (C=O) groups excluding carboxylic acids is 2. The van der Waals surface area contributed by atoms with Gasteiger partial charge in [0.2, 0.25) is 11.8 Å². The van der Waals surface area contributed by atoms with Gasteiger partial charge in [-0.1, -0.05) is 246 Å². The molecule has 0 aromatic heterocycles. The van der Waals surface area contributed by atoms with E-state index in [1.54, 1.807) is 0 Å². The van der Waals surface area contributed by atoms with Crippen LogP contribution in [-0.4, -0.2) is 118 Å². The van der Waals surface area contributed by atoms with Gasteiger partial charge in [0, 0.05) is 26.2 Å². The molecule has 422 valence electrons. The zero-order valence-electron chi connectivity index (χ0n) is 47.6. The standard InChI is InChI=1S/C61H122N4O6/c1-5-9-13-17-21-25-29-34-42-54(66)50-64(51-55(67)43-35-30-26-22-18-14-10-6-2)48-40-33-38-46-58-60(70)63-59(61(71)62-58)47-39-41-49-65(52-56(68)44-36-31-27-23-19-15-11-7-3)53-57(69)45-37-32-28-24-20-16-12-8-4/h54-59,66-69H,5-53H2,1-4H3,(H,62,71)(H,63,70). The number of unbranched alkanes of at least 4 members (excludes halogenated alkanes) is 31. The Morgan fingerprint density at radius 2 is 0.535 bits per heavy atom. The average Bonchev–Trinajstić information content (AvgIpc) is 3.34. The van der Waals surface area contributed by atoms with Crippen LogP contribution in [0.4, 0.5) is 0 Å². The van der Waals surface area contributed by atoms with Crippen molar-refractivity contribution in [3.8, 4) is 0 Å². The van der Waals surface area contributed by atoms with Gasteiger partial charge in [-0.25, -0.2) is 0 Å². The number of nitrogens with zero attached hydrogens (tertiary/aromatic N) is 2.